The molecule has 32 heavy (non-hydrogen) atoms. The number of hydrogen-bond acceptors (Lipinski definition) is 5. The summed E-state index contributed by atoms with van der Waals surface area (Å²) in [5.74, 6) is -0.136. The summed E-state index contributed by atoms with van der Waals surface area (Å²) < 4.78 is 1.37. The van der Waals surface area contributed by atoms with Crippen LogP contribution in [0.3, 0.4) is 0 Å². The number of piperidine rings is 1. The lowest BCUT2D eigenvalue weighted by Gasteiger charge is -2.33. The molecule has 0 radical (unpaired) electrons. The van der Waals surface area contributed by atoms with E-state index in [0.717, 1.165) is 12.1 Å². The van der Waals surface area contributed by atoms with E-state index in [0.29, 0.717) is 43.4 Å². The van der Waals surface area contributed by atoms with Gasteiger partial charge in [0.25, 0.3) is 5.56 Å². The molecule has 1 aromatic carbocycles. The van der Waals surface area contributed by atoms with Crippen LogP contribution in [0.25, 0.3) is 10.9 Å². The van der Waals surface area contributed by atoms with Gasteiger partial charge in [-0.25, -0.2) is 4.98 Å². The quantitative estimate of drug-likeness (QED) is 0.706. The molecule has 0 aliphatic carbocycles. The van der Waals surface area contributed by atoms with Crippen molar-refractivity contribution in [2.24, 2.45) is 11.3 Å². The molecule has 1 N–H and O–H groups in total. The van der Waals surface area contributed by atoms with E-state index in [1.54, 1.807) is 11.0 Å². The van der Waals surface area contributed by atoms with E-state index in [9.17, 15) is 14.4 Å². The SMILES string of the molecule is Cc1cccc2c(=O)n(CC(=O)N3CCC(C(=O)NCC(C)(C)CN(C)C)CC3)cnc12. The van der Waals surface area contributed by atoms with Crippen LogP contribution in [0, 0.1) is 18.3 Å². The number of nitrogens with zero attached hydrogens (tertiary/aromatic N) is 4. The first kappa shape index (κ1) is 23.9. The topological polar surface area (TPSA) is 87.5 Å². The number of aryl methyl sites for hydroxylation is 1. The van der Waals surface area contributed by atoms with Crippen molar-refractivity contribution in [3.8, 4) is 0 Å². The first-order chi connectivity index (χ1) is 15.1. The highest BCUT2D eigenvalue weighted by Crippen LogP contribution is 2.20. The van der Waals surface area contributed by atoms with Gasteiger partial charge in [0.05, 0.1) is 17.2 Å². The largest absolute Gasteiger partial charge is 0.355 e. The normalized spacial score (nSPS) is 15.4. The van der Waals surface area contributed by atoms with Gasteiger partial charge in [0, 0.05) is 32.1 Å². The molecule has 1 saturated heterocycles. The van der Waals surface area contributed by atoms with Crippen LogP contribution in [-0.2, 0) is 16.1 Å². The Kier molecular flexibility index (Phi) is 7.33. The maximum Gasteiger partial charge on any atom is 0.261 e. The zero-order chi connectivity index (χ0) is 23.5. The maximum atomic E-state index is 12.8. The third kappa shape index (κ3) is 5.73. The van der Waals surface area contributed by atoms with E-state index in [1.807, 2.05) is 33.2 Å². The van der Waals surface area contributed by atoms with Crippen LogP contribution in [0.2, 0.25) is 0 Å². The number of likely N-dealkylation sites (tertiary alicyclic amines) is 1. The summed E-state index contributed by atoms with van der Waals surface area (Å²) in [6.45, 7) is 8.71. The number of carbonyl (C=O) groups excluding carboxylic acids is 2. The van der Waals surface area contributed by atoms with Gasteiger partial charge in [0.15, 0.2) is 0 Å². The molecule has 3 rings (SSSR count). The number of hydrogen-bond donors (Lipinski definition) is 1. The molecule has 0 spiro atoms. The Labute approximate surface area is 189 Å². The monoisotopic (exact) mass is 441 g/mol. The third-order valence-corrected chi connectivity index (χ3v) is 6.06. The predicted octanol–water partition coefficient (Wildman–Crippen LogP) is 1.65. The highest BCUT2D eigenvalue weighted by Gasteiger charge is 2.29. The number of nitrogens with one attached hydrogen (secondary N) is 1. The van der Waals surface area contributed by atoms with Crippen LogP contribution in [0.5, 0.6) is 0 Å². The highest BCUT2D eigenvalue weighted by atomic mass is 16.2. The van der Waals surface area contributed by atoms with Crippen molar-refractivity contribution in [3.05, 3.63) is 40.4 Å². The van der Waals surface area contributed by atoms with Gasteiger partial charge in [-0.3, -0.25) is 19.0 Å². The number of para-hydroxylation sites is 1. The van der Waals surface area contributed by atoms with Crippen molar-refractivity contribution in [1.29, 1.82) is 0 Å². The van der Waals surface area contributed by atoms with Gasteiger partial charge in [-0.1, -0.05) is 26.0 Å². The van der Waals surface area contributed by atoms with E-state index in [-0.39, 0.29) is 35.3 Å². The zero-order valence-corrected chi connectivity index (χ0v) is 19.9. The van der Waals surface area contributed by atoms with Gasteiger partial charge in [0.2, 0.25) is 11.8 Å². The van der Waals surface area contributed by atoms with Crippen LogP contribution in [0.1, 0.15) is 32.3 Å². The first-order valence-electron chi connectivity index (χ1n) is 11.2. The summed E-state index contributed by atoms with van der Waals surface area (Å²) >= 11 is 0. The number of carbonyl (C=O) groups is 2. The van der Waals surface area contributed by atoms with Crippen molar-refractivity contribution in [3.63, 3.8) is 0 Å². The minimum absolute atomic E-state index is 0.00444. The van der Waals surface area contributed by atoms with Gasteiger partial charge >= 0.3 is 0 Å². The summed E-state index contributed by atoms with van der Waals surface area (Å²) in [7, 11) is 4.05. The van der Waals surface area contributed by atoms with Gasteiger partial charge in [-0.15, -0.1) is 0 Å². The molecular formula is C24H35N5O3. The number of amides is 2. The average molecular weight is 442 g/mol. The van der Waals surface area contributed by atoms with Crippen molar-refractivity contribution in [1.82, 2.24) is 24.7 Å². The van der Waals surface area contributed by atoms with E-state index in [1.165, 1.54) is 10.9 Å². The molecule has 2 aromatic rings. The second kappa shape index (κ2) is 9.81. The standard InChI is InChI=1S/C24H35N5O3/c1-17-7-6-8-19-21(17)26-16-29(23(19)32)13-20(30)28-11-9-18(10-12-28)22(31)25-14-24(2,3)15-27(4)5/h6-8,16,18H,9-15H2,1-5H3,(H,25,31). The van der Waals surface area contributed by atoms with Gasteiger partial charge < -0.3 is 15.1 Å². The molecule has 2 amide bonds. The van der Waals surface area contributed by atoms with Crippen molar-refractivity contribution >= 4 is 22.7 Å². The predicted molar refractivity (Wildman–Crippen MR) is 125 cm³/mol. The Bertz CT molecular complexity index is 1040. The molecule has 1 aromatic heterocycles. The second-order valence-electron chi connectivity index (χ2n) is 9.92. The molecular weight excluding hydrogens is 406 g/mol. The van der Waals surface area contributed by atoms with Crippen LogP contribution in [0.15, 0.2) is 29.3 Å². The molecule has 174 valence electrons. The molecule has 0 atom stereocenters. The summed E-state index contributed by atoms with van der Waals surface area (Å²) in [5.41, 5.74) is 1.39. The number of rotatable bonds is 7. The molecule has 8 nitrogen and oxygen atoms in total. The fourth-order valence-electron chi connectivity index (χ4n) is 4.47. The fraction of sp³-hybridized carbons (Fsp3) is 0.583. The Balaban J connectivity index is 1.54. The van der Waals surface area contributed by atoms with Crippen molar-refractivity contribution in [2.75, 3.05) is 40.3 Å². The molecule has 0 saturated carbocycles. The molecule has 1 aliphatic heterocycles. The minimum atomic E-state index is -0.207. The van der Waals surface area contributed by atoms with Gasteiger partial charge in [-0.05, 0) is 50.9 Å². The Morgan fingerprint density at radius 1 is 1.22 bits per heavy atom. The molecule has 0 bridgehead atoms. The molecule has 0 unspecified atom stereocenters. The van der Waals surface area contributed by atoms with Gasteiger partial charge in [-0.2, -0.15) is 0 Å². The van der Waals surface area contributed by atoms with E-state index >= 15 is 0 Å². The lowest BCUT2D eigenvalue weighted by atomic mass is 9.91. The Morgan fingerprint density at radius 3 is 2.56 bits per heavy atom. The Hall–Kier alpha value is -2.74. The molecule has 8 heteroatoms. The van der Waals surface area contributed by atoms with Crippen molar-refractivity contribution < 1.29 is 9.59 Å². The maximum absolute atomic E-state index is 12.8. The minimum Gasteiger partial charge on any atom is -0.355 e. The van der Waals surface area contributed by atoms with Crippen LogP contribution in [0.4, 0.5) is 0 Å². The third-order valence-electron chi connectivity index (χ3n) is 6.06. The number of aromatic nitrogens is 2. The van der Waals surface area contributed by atoms with Crippen molar-refractivity contribution in [2.45, 2.75) is 40.2 Å². The number of fused-ring (bicyclic) bond motifs is 1. The van der Waals surface area contributed by atoms with E-state index in [4.69, 9.17) is 0 Å². The lowest BCUT2D eigenvalue weighted by Crippen LogP contribution is -2.46. The Morgan fingerprint density at radius 2 is 1.91 bits per heavy atom. The zero-order valence-electron chi connectivity index (χ0n) is 19.9. The van der Waals surface area contributed by atoms with Crippen LogP contribution >= 0.6 is 0 Å². The smallest absolute Gasteiger partial charge is 0.261 e. The van der Waals surface area contributed by atoms with E-state index in [2.05, 4.69) is 29.0 Å². The highest BCUT2D eigenvalue weighted by molar-refractivity contribution is 5.82. The fourth-order valence-corrected chi connectivity index (χ4v) is 4.47. The molecule has 1 aliphatic rings. The second-order valence-corrected chi connectivity index (χ2v) is 9.92. The number of benzene rings is 1. The van der Waals surface area contributed by atoms with Crippen LogP contribution < -0.4 is 10.9 Å². The summed E-state index contributed by atoms with van der Waals surface area (Å²) in [6.07, 6.45) is 2.72. The summed E-state index contributed by atoms with van der Waals surface area (Å²) in [4.78, 5) is 46.4. The molecule has 1 fully saturated rings. The summed E-state index contributed by atoms with van der Waals surface area (Å²) in [6, 6.07) is 5.47. The average Bonchev–Trinajstić information content (AvgIpc) is 2.73. The van der Waals surface area contributed by atoms with Crippen LogP contribution in [-0.4, -0.2) is 71.4 Å². The lowest BCUT2D eigenvalue weighted by molar-refractivity contribution is -0.136. The molecule has 2 heterocycles. The summed E-state index contributed by atoms with van der Waals surface area (Å²) in [5, 5.41) is 3.61. The first-order valence-corrected chi connectivity index (χ1v) is 11.2. The van der Waals surface area contributed by atoms with Gasteiger partial charge in [0.1, 0.15) is 6.54 Å². The van der Waals surface area contributed by atoms with E-state index < -0.39 is 0 Å².